The van der Waals surface area contributed by atoms with Crippen LogP contribution in [0, 0.1) is 0 Å². The van der Waals surface area contributed by atoms with Crippen LogP contribution in [0.15, 0.2) is 98.9 Å². The van der Waals surface area contributed by atoms with Gasteiger partial charge in [0.1, 0.15) is 6.04 Å². The molecule has 3 amide bonds. The molecule has 2 atom stereocenters. The number of allylic oxidation sites excluding steroid dienone is 5. The smallest absolute Gasteiger partial charge is 0.257 e. The highest BCUT2D eigenvalue weighted by molar-refractivity contribution is 6.17. The van der Waals surface area contributed by atoms with Crippen molar-refractivity contribution in [2.24, 2.45) is 9.98 Å². The number of aliphatic imine (C=N–C) groups is 2. The molecule has 4 heterocycles. The van der Waals surface area contributed by atoms with Crippen molar-refractivity contribution in [1.82, 2.24) is 30.2 Å². The molecule has 0 spiro atoms. The fraction of sp³-hybridized carbons (Fsp3) is 0.442. The predicted molar refractivity (Wildman–Crippen MR) is 216 cm³/mol. The van der Waals surface area contributed by atoms with Gasteiger partial charge in [-0.1, -0.05) is 55.8 Å². The molecule has 0 aliphatic carbocycles. The van der Waals surface area contributed by atoms with E-state index < -0.39 is 6.04 Å². The van der Waals surface area contributed by atoms with Crippen molar-refractivity contribution in [3.63, 3.8) is 0 Å². The summed E-state index contributed by atoms with van der Waals surface area (Å²) in [6.45, 7) is 18.1. The van der Waals surface area contributed by atoms with Crippen LogP contribution >= 0.6 is 0 Å². The second-order valence-electron chi connectivity index (χ2n) is 15.1. The van der Waals surface area contributed by atoms with Gasteiger partial charge in [-0.05, 0) is 103 Å². The quantitative estimate of drug-likeness (QED) is 0.232. The summed E-state index contributed by atoms with van der Waals surface area (Å²) >= 11 is 0. The first-order valence-corrected chi connectivity index (χ1v) is 19.1. The van der Waals surface area contributed by atoms with E-state index in [1.807, 2.05) is 101 Å². The summed E-state index contributed by atoms with van der Waals surface area (Å²) in [7, 11) is 0. The molecule has 286 valence electrons. The van der Waals surface area contributed by atoms with E-state index in [1.165, 1.54) is 0 Å². The zero-order valence-electron chi connectivity index (χ0n) is 33.1. The highest BCUT2D eigenvalue weighted by Gasteiger charge is 2.34. The Morgan fingerprint density at radius 3 is 2.50 bits per heavy atom. The number of hydrogen-bond donors (Lipinski definition) is 2. The number of benzene rings is 1. The molecule has 1 aromatic carbocycles. The molecule has 1 fully saturated rings. The van der Waals surface area contributed by atoms with E-state index in [0.29, 0.717) is 54.3 Å². The molecule has 3 aliphatic rings. The molecule has 11 nitrogen and oxygen atoms in total. The number of nitrogens with zero attached hydrogens (tertiary/aromatic N) is 6. The Labute approximate surface area is 320 Å². The van der Waals surface area contributed by atoms with Crippen LogP contribution in [-0.2, 0) is 27.5 Å². The molecule has 0 saturated carbocycles. The largest absolute Gasteiger partial charge is 0.331 e. The molecule has 2 aromatic rings. The van der Waals surface area contributed by atoms with E-state index in [9.17, 15) is 14.4 Å². The van der Waals surface area contributed by atoms with Crippen molar-refractivity contribution in [3.05, 3.63) is 106 Å². The van der Waals surface area contributed by atoms with Gasteiger partial charge in [0.2, 0.25) is 11.8 Å². The Hall–Kier alpha value is -5.16. The van der Waals surface area contributed by atoms with Crippen LogP contribution in [0.25, 0.3) is 5.70 Å². The molecule has 11 heteroatoms. The Morgan fingerprint density at radius 2 is 1.83 bits per heavy atom. The molecule has 2 unspecified atom stereocenters. The lowest BCUT2D eigenvalue weighted by Gasteiger charge is -2.32. The minimum atomic E-state index is -0.453. The third-order valence-electron chi connectivity index (χ3n) is 10.3. The van der Waals surface area contributed by atoms with E-state index in [-0.39, 0.29) is 29.3 Å². The average molecular weight is 733 g/mol. The number of likely N-dealkylation sites (tertiary alicyclic amines) is 1. The van der Waals surface area contributed by atoms with Crippen molar-refractivity contribution in [3.8, 4) is 0 Å². The van der Waals surface area contributed by atoms with Crippen LogP contribution in [0.3, 0.4) is 0 Å². The van der Waals surface area contributed by atoms with E-state index in [4.69, 9.17) is 9.98 Å². The Bertz CT molecular complexity index is 1940. The average Bonchev–Trinajstić information content (AvgIpc) is 3.73. The lowest BCUT2D eigenvalue weighted by Crippen LogP contribution is -2.44. The van der Waals surface area contributed by atoms with E-state index in [0.717, 1.165) is 48.2 Å². The SMILES string of the molecule is CC/C=C/C(=C\C(NC(=O)\C1=C(C)/C=N\C(c2cnn3c2CN(Cc2ccccc2)C(=O)C3C)=C/C(CC)N=C1)=C(C)C)NC(=O)CN1CCCC1(C)C. The van der Waals surface area contributed by atoms with Crippen molar-refractivity contribution >= 4 is 35.8 Å². The van der Waals surface area contributed by atoms with Gasteiger partial charge in [-0.2, -0.15) is 5.10 Å². The summed E-state index contributed by atoms with van der Waals surface area (Å²) < 4.78 is 1.79. The highest BCUT2D eigenvalue weighted by Crippen LogP contribution is 2.31. The number of amides is 3. The van der Waals surface area contributed by atoms with Crippen LogP contribution in [0.5, 0.6) is 0 Å². The lowest BCUT2D eigenvalue weighted by atomic mass is 10.0. The minimum Gasteiger partial charge on any atom is -0.331 e. The van der Waals surface area contributed by atoms with Crippen molar-refractivity contribution in [2.75, 3.05) is 13.1 Å². The van der Waals surface area contributed by atoms with Gasteiger partial charge in [0.25, 0.3) is 5.91 Å². The maximum atomic E-state index is 14.0. The van der Waals surface area contributed by atoms with E-state index in [1.54, 1.807) is 23.3 Å². The molecule has 1 aromatic heterocycles. The van der Waals surface area contributed by atoms with Gasteiger partial charge in [0.15, 0.2) is 0 Å². The van der Waals surface area contributed by atoms with Crippen molar-refractivity contribution in [2.45, 2.75) is 112 Å². The number of rotatable bonds is 12. The zero-order chi connectivity index (χ0) is 39.0. The summed E-state index contributed by atoms with van der Waals surface area (Å²) in [6.07, 6.45) is 16.4. The van der Waals surface area contributed by atoms with Gasteiger partial charge in [0.05, 0.1) is 42.3 Å². The zero-order valence-corrected chi connectivity index (χ0v) is 33.1. The molecule has 0 radical (unpaired) electrons. The van der Waals surface area contributed by atoms with Gasteiger partial charge in [-0.25, -0.2) is 0 Å². The van der Waals surface area contributed by atoms with Gasteiger partial charge in [0, 0.05) is 41.5 Å². The molecule has 3 aliphatic heterocycles. The molecule has 2 N–H and O–H groups in total. The maximum Gasteiger partial charge on any atom is 0.257 e. The number of hydrogen-bond acceptors (Lipinski definition) is 7. The number of carbonyl (C=O) groups is 3. The third kappa shape index (κ3) is 9.68. The molecule has 0 bridgehead atoms. The standard InChI is InChI=1S/C43H56N8O3/c1-9-11-18-34(47-40(52)28-50-20-15-19-43(50,7)8)22-37(29(3)4)48-41(53)35-24-44-33(10-2)21-38(45-23-30(35)5)36-25-46-51-31(6)42(54)49(27-39(36)51)26-32-16-13-12-14-17-32/h11-14,16-18,21-25,31,33H,9-10,15,19-20,26-28H2,1-8H3,(H,47,52)(H,48,53)/b18-11+,34-22+,35-30-,38-21-,44-24?,45-23-. The van der Waals surface area contributed by atoms with E-state index in [2.05, 4.69) is 34.5 Å². The van der Waals surface area contributed by atoms with Gasteiger partial charge >= 0.3 is 0 Å². The number of aromatic nitrogens is 2. The number of nitrogens with one attached hydrogen (secondary N) is 2. The third-order valence-corrected chi connectivity index (χ3v) is 10.3. The van der Waals surface area contributed by atoms with Gasteiger partial charge < -0.3 is 15.5 Å². The van der Waals surface area contributed by atoms with Gasteiger partial charge in [-0.15, -0.1) is 0 Å². The number of carbonyl (C=O) groups excluding carboxylic acids is 3. The first-order chi connectivity index (χ1) is 25.8. The Balaban J connectivity index is 1.39. The summed E-state index contributed by atoms with van der Waals surface area (Å²) in [5, 5.41) is 10.8. The van der Waals surface area contributed by atoms with Crippen LogP contribution in [-0.4, -0.2) is 74.4 Å². The summed E-state index contributed by atoms with van der Waals surface area (Å²) in [4.78, 5) is 54.4. The Morgan fingerprint density at radius 1 is 1.07 bits per heavy atom. The molecule has 54 heavy (non-hydrogen) atoms. The summed E-state index contributed by atoms with van der Waals surface area (Å²) in [6, 6.07) is 9.26. The van der Waals surface area contributed by atoms with Crippen molar-refractivity contribution in [1.29, 1.82) is 0 Å². The molecular formula is C43H56N8O3. The summed E-state index contributed by atoms with van der Waals surface area (Å²) in [5.41, 5.74) is 6.57. The van der Waals surface area contributed by atoms with Crippen LogP contribution in [0.2, 0.25) is 0 Å². The highest BCUT2D eigenvalue weighted by atomic mass is 16.2. The second-order valence-corrected chi connectivity index (χ2v) is 15.1. The van der Waals surface area contributed by atoms with Crippen LogP contribution in [0.4, 0.5) is 0 Å². The first-order valence-electron chi connectivity index (χ1n) is 19.1. The second kappa shape index (κ2) is 17.8. The number of fused-ring (bicyclic) bond motifs is 1. The first kappa shape index (κ1) is 40.0. The normalized spacial score (nSPS) is 23.3. The van der Waals surface area contributed by atoms with Gasteiger partial charge in [-0.3, -0.25) is 34.0 Å². The molecular weight excluding hydrogens is 677 g/mol. The van der Waals surface area contributed by atoms with Crippen LogP contribution in [0.1, 0.15) is 104 Å². The van der Waals surface area contributed by atoms with Crippen molar-refractivity contribution < 1.29 is 14.4 Å². The fourth-order valence-electron chi connectivity index (χ4n) is 6.91. The predicted octanol–water partition coefficient (Wildman–Crippen LogP) is 6.83. The topological polar surface area (TPSA) is 124 Å². The summed E-state index contributed by atoms with van der Waals surface area (Å²) in [5.74, 6) is -0.400. The monoisotopic (exact) mass is 732 g/mol. The maximum absolute atomic E-state index is 14.0. The Kier molecular flexibility index (Phi) is 13.2. The minimum absolute atomic E-state index is 0.0132. The molecule has 1 saturated heterocycles. The lowest BCUT2D eigenvalue weighted by molar-refractivity contribution is -0.138. The molecule has 5 rings (SSSR count). The fourth-order valence-corrected chi connectivity index (χ4v) is 6.91. The van der Waals surface area contributed by atoms with E-state index >= 15 is 0 Å². The van der Waals surface area contributed by atoms with Crippen LogP contribution < -0.4 is 10.6 Å².